The summed E-state index contributed by atoms with van der Waals surface area (Å²) in [6.45, 7) is 4.78. The van der Waals surface area contributed by atoms with Gasteiger partial charge in [0.25, 0.3) is 0 Å². The Hall–Kier alpha value is -2.45. The third-order valence-electron chi connectivity index (χ3n) is 5.03. The maximum atomic E-state index is 11.3. The fraction of sp³-hybridized carbons (Fsp3) is 0.476. The summed E-state index contributed by atoms with van der Waals surface area (Å²) in [5.74, 6) is -0.825. The highest BCUT2D eigenvalue weighted by Crippen LogP contribution is 2.32. The van der Waals surface area contributed by atoms with Crippen LogP contribution in [-0.4, -0.2) is 57.7 Å². The normalized spacial score (nSPS) is 13.1. The minimum atomic E-state index is -0.845. The zero-order valence-corrected chi connectivity index (χ0v) is 18.2. The van der Waals surface area contributed by atoms with Gasteiger partial charge >= 0.3 is 5.97 Å². The van der Waals surface area contributed by atoms with Crippen LogP contribution in [0.25, 0.3) is 10.2 Å². The number of aliphatic carboxylic acids is 1. The molecular formula is C21H29N5O2S. The highest BCUT2D eigenvalue weighted by molar-refractivity contribution is 7.22. The summed E-state index contributed by atoms with van der Waals surface area (Å²) < 4.78 is 3.25. The van der Waals surface area contributed by atoms with E-state index in [4.69, 9.17) is 0 Å². The lowest BCUT2D eigenvalue weighted by Crippen LogP contribution is -2.31. The molecule has 156 valence electrons. The molecule has 0 aliphatic heterocycles. The van der Waals surface area contributed by atoms with E-state index in [2.05, 4.69) is 51.0 Å². The largest absolute Gasteiger partial charge is 0.481 e. The number of hydrogen-bond donors (Lipinski definition) is 2. The van der Waals surface area contributed by atoms with E-state index in [-0.39, 0.29) is 6.04 Å². The second-order valence-electron chi connectivity index (χ2n) is 8.26. The molecular weight excluding hydrogens is 386 g/mol. The van der Waals surface area contributed by atoms with Crippen LogP contribution in [0.5, 0.6) is 0 Å². The molecule has 1 unspecified atom stereocenters. The molecule has 1 aromatic carbocycles. The first-order chi connectivity index (χ1) is 13.8. The van der Waals surface area contributed by atoms with Gasteiger partial charge in [0, 0.05) is 18.9 Å². The number of nitrogens with zero attached hydrogens (tertiary/aromatic N) is 4. The number of anilines is 1. The molecule has 0 aliphatic rings. The van der Waals surface area contributed by atoms with Crippen LogP contribution in [-0.2, 0) is 4.79 Å². The number of carboxylic acid groups (broad SMARTS) is 1. The van der Waals surface area contributed by atoms with Crippen LogP contribution >= 0.6 is 11.3 Å². The molecule has 0 saturated carbocycles. The van der Waals surface area contributed by atoms with Crippen molar-refractivity contribution in [2.75, 3.05) is 32.5 Å². The summed E-state index contributed by atoms with van der Waals surface area (Å²) in [4.78, 5) is 22.3. The number of aromatic nitrogens is 3. The van der Waals surface area contributed by atoms with Gasteiger partial charge in [0.2, 0.25) is 0 Å². The zero-order valence-electron chi connectivity index (χ0n) is 17.4. The number of thiazole rings is 1. The average molecular weight is 416 g/mol. The lowest BCUT2D eigenvalue weighted by molar-refractivity contribution is -0.146. The van der Waals surface area contributed by atoms with Crippen molar-refractivity contribution in [1.82, 2.24) is 19.4 Å². The fourth-order valence-corrected chi connectivity index (χ4v) is 4.05. The molecule has 1 atom stereocenters. The van der Waals surface area contributed by atoms with Crippen LogP contribution in [0.3, 0.4) is 0 Å². The van der Waals surface area contributed by atoms with Crippen LogP contribution in [0.4, 0.5) is 5.13 Å². The number of imidazole rings is 1. The number of fused-ring (bicyclic) bond motifs is 1. The molecule has 3 rings (SSSR count). The number of rotatable bonds is 10. The van der Waals surface area contributed by atoms with E-state index in [0.29, 0.717) is 6.54 Å². The highest BCUT2D eigenvalue weighted by Gasteiger charge is 2.27. The monoisotopic (exact) mass is 415 g/mol. The second kappa shape index (κ2) is 8.92. The number of hydrogen-bond acceptors (Lipinski definition) is 6. The first-order valence-corrected chi connectivity index (χ1v) is 10.6. The molecule has 2 aromatic heterocycles. The van der Waals surface area contributed by atoms with Gasteiger partial charge in [-0.3, -0.25) is 4.79 Å². The predicted molar refractivity (Wildman–Crippen MR) is 118 cm³/mol. The van der Waals surface area contributed by atoms with Crippen molar-refractivity contribution in [1.29, 1.82) is 0 Å². The van der Waals surface area contributed by atoms with E-state index in [9.17, 15) is 9.90 Å². The van der Waals surface area contributed by atoms with E-state index in [0.717, 1.165) is 34.7 Å². The molecule has 29 heavy (non-hydrogen) atoms. The van der Waals surface area contributed by atoms with Crippen molar-refractivity contribution in [3.8, 4) is 0 Å². The molecule has 0 fully saturated rings. The average Bonchev–Trinajstić information content (AvgIpc) is 3.32. The summed E-state index contributed by atoms with van der Waals surface area (Å²) in [5.41, 5.74) is 1.31. The molecule has 0 saturated heterocycles. The number of benzene rings is 1. The van der Waals surface area contributed by atoms with Crippen molar-refractivity contribution in [3.63, 3.8) is 0 Å². The van der Waals surface area contributed by atoms with Crippen molar-refractivity contribution in [2.24, 2.45) is 5.41 Å². The van der Waals surface area contributed by atoms with Gasteiger partial charge in [-0.15, -0.1) is 0 Å². The lowest BCUT2D eigenvalue weighted by atomic mass is 9.94. The Morgan fingerprint density at radius 1 is 1.38 bits per heavy atom. The smallest absolute Gasteiger partial charge is 0.310 e. The predicted octanol–water partition coefficient (Wildman–Crippen LogP) is 3.95. The van der Waals surface area contributed by atoms with Gasteiger partial charge < -0.3 is 19.9 Å². The summed E-state index contributed by atoms with van der Waals surface area (Å²) in [7, 11) is 4.19. The quantitative estimate of drug-likeness (QED) is 0.522. The first-order valence-electron chi connectivity index (χ1n) is 9.76. The van der Waals surface area contributed by atoms with Crippen LogP contribution in [0.15, 0.2) is 36.9 Å². The molecule has 0 aliphatic carbocycles. The Morgan fingerprint density at radius 3 is 2.83 bits per heavy atom. The number of carbonyl (C=O) groups is 1. The third-order valence-corrected chi connectivity index (χ3v) is 6.00. The minimum absolute atomic E-state index is 0.228. The van der Waals surface area contributed by atoms with Crippen molar-refractivity contribution < 1.29 is 9.90 Å². The Labute approximate surface area is 175 Å². The van der Waals surface area contributed by atoms with Gasteiger partial charge in [-0.2, -0.15) is 0 Å². The molecule has 0 amide bonds. The van der Waals surface area contributed by atoms with Gasteiger partial charge in [0.1, 0.15) is 0 Å². The summed E-state index contributed by atoms with van der Waals surface area (Å²) >= 11 is 1.56. The number of nitrogens with one attached hydrogen (secondary N) is 1. The summed E-state index contributed by atoms with van der Waals surface area (Å²) in [6, 6.07) is 6.60. The van der Waals surface area contributed by atoms with Gasteiger partial charge in [-0.25, -0.2) is 9.97 Å². The molecule has 0 bridgehead atoms. The molecule has 7 nitrogen and oxygen atoms in total. The Bertz CT molecular complexity index is 949. The van der Waals surface area contributed by atoms with E-state index in [1.54, 1.807) is 25.2 Å². The van der Waals surface area contributed by atoms with Crippen LogP contribution < -0.4 is 5.32 Å². The van der Waals surface area contributed by atoms with E-state index < -0.39 is 11.4 Å². The molecule has 3 aromatic rings. The van der Waals surface area contributed by atoms with Crippen LogP contribution in [0.2, 0.25) is 0 Å². The van der Waals surface area contributed by atoms with Gasteiger partial charge in [0.05, 0.1) is 28.0 Å². The maximum Gasteiger partial charge on any atom is 0.310 e. The van der Waals surface area contributed by atoms with E-state index in [1.165, 1.54) is 5.56 Å². The summed E-state index contributed by atoms with van der Waals surface area (Å²) in [6.07, 6.45) is 7.82. The van der Waals surface area contributed by atoms with Crippen LogP contribution in [0.1, 0.15) is 38.3 Å². The number of carboxylic acids is 1. The highest BCUT2D eigenvalue weighted by atomic mass is 32.1. The Kier molecular flexibility index (Phi) is 6.54. The topological polar surface area (TPSA) is 83.3 Å². The standard InChI is InChI=1S/C21H29N5O2S/c1-21(2,19(27)28)13-23-20-24-16-8-7-15(12-18(16)29-20)17(6-5-10-25(3)4)26-11-9-22-14-26/h7-9,11-12,14,17H,5-6,10,13H2,1-4H3,(H,23,24)(H,27,28). The third kappa shape index (κ3) is 5.33. The Morgan fingerprint density at radius 2 is 2.17 bits per heavy atom. The maximum absolute atomic E-state index is 11.3. The fourth-order valence-electron chi connectivity index (χ4n) is 3.14. The molecule has 0 spiro atoms. The minimum Gasteiger partial charge on any atom is -0.481 e. The second-order valence-corrected chi connectivity index (χ2v) is 9.29. The first kappa shape index (κ1) is 21.3. The van der Waals surface area contributed by atoms with Crippen molar-refractivity contribution in [2.45, 2.75) is 32.7 Å². The SMILES string of the molecule is CN(C)CCCC(c1ccc2nc(NCC(C)(C)C(=O)O)sc2c1)n1ccnc1. The lowest BCUT2D eigenvalue weighted by Gasteiger charge is -2.20. The molecule has 8 heteroatoms. The molecule has 2 heterocycles. The van der Waals surface area contributed by atoms with E-state index in [1.807, 2.05) is 24.8 Å². The van der Waals surface area contributed by atoms with Gasteiger partial charge in [-0.1, -0.05) is 17.4 Å². The van der Waals surface area contributed by atoms with Gasteiger partial charge in [0.15, 0.2) is 5.13 Å². The van der Waals surface area contributed by atoms with Gasteiger partial charge in [-0.05, 0) is 65.0 Å². The Balaban J connectivity index is 1.80. The van der Waals surface area contributed by atoms with Crippen molar-refractivity contribution in [3.05, 3.63) is 42.5 Å². The molecule has 2 N–H and O–H groups in total. The van der Waals surface area contributed by atoms with Crippen LogP contribution in [0, 0.1) is 5.41 Å². The molecule has 0 radical (unpaired) electrons. The van der Waals surface area contributed by atoms with E-state index >= 15 is 0 Å². The van der Waals surface area contributed by atoms with Crippen molar-refractivity contribution >= 4 is 32.7 Å². The summed E-state index contributed by atoms with van der Waals surface area (Å²) in [5, 5.41) is 13.2. The zero-order chi connectivity index (χ0) is 21.0.